The first-order valence-corrected chi connectivity index (χ1v) is 5.48. The third-order valence-corrected chi connectivity index (χ3v) is 2.93. The lowest BCUT2D eigenvalue weighted by molar-refractivity contribution is 0.124. The number of hydrogen-bond acceptors (Lipinski definition) is 1. The number of benzene rings is 1. The van der Waals surface area contributed by atoms with E-state index in [1.165, 1.54) is 5.56 Å². The lowest BCUT2D eigenvalue weighted by Crippen LogP contribution is -2.18. The molecule has 0 spiro atoms. The Morgan fingerprint density at radius 3 is 2.47 bits per heavy atom. The maximum absolute atomic E-state index is 9.89. The Morgan fingerprint density at radius 2 is 1.93 bits per heavy atom. The van der Waals surface area contributed by atoms with Crippen LogP contribution >= 0.6 is 0 Å². The van der Waals surface area contributed by atoms with E-state index in [0.29, 0.717) is 0 Å². The van der Waals surface area contributed by atoms with Crippen LogP contribution in [0.4, 0.5) is 0 Å². The van der Waals surface area contributed by atoms with E-state index >= 15 is 0 Å². The van der Waals surface area contributed by atoms with Crippen molar-refractivity contribution in [3.05, 3.63) is 48.0 Å². The molecular formula is C14H20O. The van der Waals surface area contributed by atoms with E-state index < -0.39 is 0 Å². The molecule has 1 aromatic rings. The molecule has 1 aromatic carbocycles. The highest BCUT2D eigenvalue weighted by molar-refractivity contribution is 5.14. The highest BCUT2D eigenvalue weighted by Gasteiger charge is 2.14. The molecule has 15 heavy (non-hydrogen) atoms. The zero-order valence-electron chi connectivity index (χ0n) is 9.61. The third-order valence-electron chi connectivity index (χ3n) is 2.93. The fourth-order valence-electron chi connectivity index (χ4n) is 1.54. The Labute approximate surface area is 92.5 Å². The van der Waals surface area contributed by atoms with Crippen LogP contribution < -0.4 is 0 Å². The molecule has 0 aromatic heterocycles. The van der Waals surface area contributed by atoms with E-state index in [1.54, 1.807) is 0 Å². The topological polar surface area (TPSA) is 20.2 Å². The molecule has 1 rings (SSSR count). The van der Waals surface area contributed by atoms with Crippen molar-refractivity contribution in [1.29, 1.82) is 0 Å². The number of aryl methyl sites for hydroxylation is 1. The number of aliphatic hydroxyl groups excluding tert-OH is 1. The predicted molar refractivity (Wildman–Crippen MR) is 64.7 cm³/mol. The van der Waals surface area contributed by atoms with Gasteiger partial charge in [0, 0.05) is 5.92 Å². The second-order valence-corrected chi connectivity index (χ2v) is 4.23. The number of hydrogen-bond donors (Lipinski definition) is 1. The van der Waals surface area contributed by atoms with Gasteiger partial charge in [-0.05, 0) is 25.3 Å². The molecule has 0 heterocycles. The zero-order chi connectivity index (χ0) is 11.3. The van der Waals surface area contributed by atoms with Gasteiger partial charge in [-0.25, -0.2) is 0 Å². The minimum absolute atomic E-state index is 0.189. The summed E-state index contributed by atoms with van der Waals surface area (Å²) >= 11 is 0. The van der Waals surface area contributed by atoms with Crippen molar-refractivity contribution in [2.24, 2.45) is 5.92 Å². The van der Waals surface area contributed by atoms with Gasteiger partial charge < -0.3 is 5.11 Å². The number of rotatable bonds is 5. The summed E-state index contributed by atoms with van der Waals surface area (Å²) in [5, 5.41) is 9.89. The molecule has 0 radical (unpaired) electrons. The van der Waals surface area contributed by atoms with E-state index in [4.69, 9.17) is 0 Å². The van der Waals surface area contributed by atoms with Gasteiger partial charge in [-0.3, -0.25) is 0 Å². The fourth-order valence-corrected chi connectivity index (χ4v) is 1.54. The van der Waals surface area contributed by atoms with Gasteiger partial charge in [-0.1, -0.05) is 49.4 Å². The monoisotopic (exact) mass is 204 g/mol. The van der Waals surface area contributed by atoms with Crippen molar-refractivity contribution in [1.82, 2.24) is 0 Å². The van der Waals surface area contributed by atoms with Gasteiger partial charge in [0.2, 0.25) is 0 Å². The zero-order valence-corrected chi connectivity index (χ0v) is 9.61. The third kappa shape index (κ3) is 3.88. The number of aliphatic hydroxyl groups is 1. The van der Waals surface area contributed by atoms with E-state index in [1.807, 2.05) is 32.0 Å². The second-order valence-electron chi connectivity index (χ2n) is 4.23. The predicted octanol–water partition coefficient (Wildman–Crippen LogP) is 3.19. The first kappa shape index (κ1) is 12.0. The minimum Gasteiger partial charge on any atom is -0.393 e. The van der Waals surface area contributed by atoms with Crippen molar-refractivity contribution < 1.29 is 5.11 Å². The van der Waals surface area contributed by atoms with Crippen LogP contribution in [0, 0.1) is 5.92 Å². The maximum Gasteiger partial charge on any atom is 0.0605 e. The van der Waals surface area contributed by atoms with Gasteiger partial charge in [-0.2, -0.15) is 0 Å². The van der Waals surface area contributed by atoms with Gasteiger partial charge in [-0.15, -0.1) is 0 Å². The Kier molecular flexibility index (Phi) is 4.57. The normalized spacial score (nSPS) is 14.6. The van der Waals surface area contributed by atoms with Crippen LogP contribution in [0.1, 0.15) is 25.8 Å². The van der Waals surface area contributed by atoms with Crippen molar-refractivity contribution in [3.8, 4) is 0 Å². The van der Waals surface area contributed by atoms with Gasteiger partial charge in [0.1, 0.15) is 0 Å². The summed E-state index contributed by atoms with van der Waals surface area (Å²) in [4.78, 5) is 0. The molecule has 0 fully saturated rings. The molecule has 0 unspecified atom stereocenters. The van der Waals surface area contributed by atoms with Crippen molar-refractivity contribution in [2.75, 3.05) is 0 Å². The Bertz CT molecular complexity index is 302. The van der Waals surface area contributed by atoms with Crippen LogP contribution in [-0.2, 0) is 6.42 Å². The summed E-state index contributed by atoms with van der Waals surface area (Å²) in [5.74, 6) is 0.189. The molecule has 0 saturated carbocycles. The van der Waals surface area contributed by atoms with E-state index in [9.17, 15) is 5.11 Å². The fraction of sp³-hybridized carbons (Fsp3) is 0.429. The molecular weight excluding hydrogens is 184 g/mol. The van der Waals surface area contributed by atoms with Crippen LogP contribution in [0.25, 0.3) is 0 Å². The Morgan fingerprint density at radius 1 is 1.33 bits per heavy atom. The quantitative estimate of drug-likeness (QED) is 0.730. The molecule has 0 bridgehead atoms. The summed E-state index contributed by atoms with van der Waals surface area (Å²) in [7, 11) is 0. The first-order valence-electron chi connectivity index (χ1n) is 5.48. The summed E-state index contributed by atoms with van der Waals surface area (Å²) in [5.41, 5.74) is 2.33. The summed E-state index contributed by atoms with van der Waals surface area (Å²) in [6.07, 6.45) is 1.46. The lowest BCUT2D eigenvalue weighted by atomic mass is 9.93. The lowest BCUT2D eigenvalue weighted by Gasteiger charge is -2.18. The second kappa shape index (κ2) is 5.72. The molecule has 0 aliphatic rings. The SMILES string of the molecule is C=C(C)[C@H](C)[C@H](O)CCc1ccccc1. The summed E-state index contributed by atoms with van der Waals surface area (Å²) < 4.78 is 0. The van der Waals surface area contributed by atoms with Crippen LogP contribution in [0.2, 0.25) is 0 Å². The van der Waals surface area contributed by atoms with Crippen molar-refractivity contribution in [3.63, 3.8) is 0 Å². The first-order chi connectivity index (χ1) is 7.11. The highest BCUT2D eigenvalue weighted by Crippen LogP contribution is 2.16. The average molecular weight is 204 g/mol. The standard InChI is InChI=1S/C14H20O/c1-11(2)12(3)14(15)10-9-13-7-5-4-6-8-13/h4-8,12,14-15H,1,9-10H2,2-3H3/t12-,14+/m0/s1. The van der Waals surface area contributed by atoms with Crippen LogP contribution in [0.3, 0.4) is 0 Å². The maximum atomic E-state index is 9.89. The minimum atomic E-state index is -0.275. The Balaban J connectivity index is 2.41. The van der Waals surface area contributed by atoms with E-state index in [2.05, 4.69) is 18.7 Å². The van der Waals surface area contributed by atoms with Gasteiger partial charge >= 0.3 is 0 Å². The molecule has 0 aliphatic heterocycles. The van der Waals surface area contributed by atoms with Crippen molar-refractivity contribution >= 4 is 0 Å². The molecule has 0 saturated heterocycles. The molecule has 0 aliphatic carbocycles. The van der Waals surface area contributed by atoms with Crippen LogP contribution in [-0.4, -0.2) is 11.2 Å². The van der Waals surface area contributed by atoms with Gasteiger partial charge in [0.25, 0.3) is 0 Å². The molecule has 1 nitrogen and oxygen atoms in total. The highest BCUT2D eigenvalue weighted by atomic mass is 16.3. The largest absolute Gasteiger partial charge is 0.393 e. The Hall–Kier alpha value is -1.08. The summed E-state index contributed by atoms with van der Waals surface area (Å²) in [6, 6.07) is 10.3. The van der Waals surface area contributed by atoms with E-state index in [0.717, 1.165) is 18.4 Å². The van der Waals surface area contributed by atoms with Crippen LogP contribution in [0.15, 0.2) is 42.5 Å². The molecule has 2 atom stereocenters. The molecule has 1 N–H and O–H groups in total. The average Bonchev–Trinajstić information content (AvgIpc) is 2.26. The van der Waals surface area contributed by atoms with Crippen molar-refractivity contribution in [2.45, 2.75) is 32.8 Å². The van der Waals surface area contributed by atoms with Gasteiger partial charge in [0.15, 0.2) is 0 Å². The van der Waals surface area contributed by atoms with Crippen LogP contribution in [0.5, 0.6) is 0 Å². The van der Waals surface area contributed by atoms with E-state index in [-0.39, 0.29) is 12.0 Å². The smallest absolute Gasteiger partial charge is 0.0605 e. The summed E-state index contributed by atoms with van der Waals surface area (Å²) in [6.45, 7) is 7.87. The molecule has 1 heteroatoms. The van der Waals surface area contributed by atoms with Gasteiger partial charge in [0.05, 0.1) is 6.10 Å². The molecule has 82 valence electrons. The molecule has 0 amide bonds.